The molecule has 9 heteroatoms. The minimum absolute atomic E-state index is 0.0885. The molecule has 2 N–H and O–H groups in total. The fourth-order valence-electron chi connectivity index (χ4n) is 2.61. The maximum Gasteiger partial charge on any atom is 0.293 e. The number of amides is 4. The largest absolute Gasteiger partial charge is 0.293 e. The van der Waals surface area contributed by atoms with Crippen molar-refractivity contribution >= 4 is 52.4 Å². The van der Waals surface area contributed by atoms with Gasteiger partial charge in [-0.25, -0.2) is 0 Å². The lowest BCUT2D eigenvalue weighted by Gasteiger charge is -2.12. The zero-order valence-electron chi connectivity index (χ0n) is 16.0. The van der Waals surface area contributed by atoms with Crippen LogP contribution in [-0.2, 0) is 9.59 Å². The average Bonchev–Trinajstić information content (AvgIpc) is 2.99. The Balaban J connectivity index is 1.52. The van der Waals surface area contributed by atoms with E-state index in [-0.39, 0.29) is 18.5 Å². The third-order valence-electron chi connectivity index (χ3n) is 4.21. The summed E-state index contributed by atoms with van der Waals surface area (Å²) in [5.74, 6) is -1.51. The van der Waals surface area contributed by atoms with Gasteiger partial charge in [0, 0.05) is 23.6 Å². The van der Waals surface area contributed by atoms with Crippen molar-refractivity contribution in [3.05, 3.63) is 75.1 Å². The van der Waals surface area contributed by atoms with E-state index in [1.807, 2.05) is 31.2 Å². The zero-order valence-corrected chi connectivity index (χ0v) is 17.5. The lowest BCUT2D eigenvalue weighted by molar-refractivity contribution is -0.124. The molecule has 7 nitrogen and oxygen atoms in total. The highest BCUT2D eigenvalue weighted by atomic mass is 35.5. The van der Waals surface area contributed by atoms with Gasteiger partial charge in [0.25, 0.3) is 17.1 Å². The van der Waals surface area contributed by atoms with E-state index in [0.717, 1.165) is 27.8 Å². The summed E-state index contributed by atoms with van der Waals surface area (Å²) in [5.41, 5.74) is 6.72. The second-order valence-corrected chi connectivity index (χ2v) is 7.94. The van der Waals surface area contributed by atoms with Crippen LogP contribution in [0.5, 0.6) is 0 Å². The Labute approximate surface area is 182 Å². The molecular formula is C21H18ClN3O4S. The number of hydrazine groups is 1. The molecule has 1 heterocycles. The summed E-state index contributed by atoms with van der Waals surface area (Å²) in [5, 5.41) is -0.0406. The van der Waals surface area contributed by atoms with Crippen LogP contribution in [0, 0.1) is 6.92 Å². The molecule has 2 aromatic carbocycles. The number of halogens is 1. The van der Waals surface area contributed by atoms with Crippen molar-refractivity contribution in [2.45, 2.75) is 13.3 Å². The number of carbonyl (C=O) groups excluding carboxylic acids is 4. The molecule has 0 saturated carbocycles. The molecule has 0 spiro atoms. The quantitative estimate of drug-likeness (QED) is 0.544. The van der Waals surface area contributed by atoms with Crippen LogP contribution in [0.25, 0.3) is 6.08 Å². The molecule has 2 aromatic rings. The van der Waals surface area contributed by atoms with E-state index in [4.69, 9.17) is 11.6 Å². The summed E-state index contributed by atoms with van der Waals surface area (Å²) >= 11 is 6.66. The fourth-order valence-corrected chi connectivity index (χ4v) is 3.67. The zero-order chi connectivity index (χ0) is 21.7. The molecule has 0 bridgehead atoms. The molecule has 1 fully saturated rings. The summed E-state index contributed by atoms with van der Waals surface area (Å²) < 4.78 is 0. The number of rotatable bonds is 5. The predicted octanol–water partition coefficient (Wildman–Crippen LogP) is 3.54. The molecular weight excluding hydrogens is 426 g/mol. The van der Waals surface area contributed by atoms with E-state index in [9.17, 15) is 19.2 Å². The van der Waals surface area contributed by atoms with Gasteiger partial charge in [-0.2, -0.15) is 0 Å². The number of carbonyl (C=O) groups is 4. The van der Waals surface area contributed by atoms with E-state index in [0.29, 0.717) is 9.93 Å². The topological polar surface area (TPSA) is 95.6 Å². The standard InChI is InChI=1S/C21H18ClN3O4S/c1-13-5-7-14(8-6-13)11-17-20(28)25(21(29)30-17)10-9-18(26)23-24-19(27)15-3-2-4-16(22)12-15/h2-8,11-12H,9-10H2,1H3,(H,23,26)(H,24,27)/b17-11-. The van der Waals surface area contributed by atoms with Gasteiger partial charge in [0.15, 0.2) is 0 Å². The molecule has 0 aliphatic carbocycles. The smallest absolute Gasteiger partial charge is 0.273 e. The van der Waals surface area contributed by atoms with Crippen molar-refractivity contribution in [2.24, 2.45) is 0 Å². The van der Waals surface area contributed by atoms with Gasteiger partial charge in [0.05, 0.1) is 4.91 Å². The molecule has 154 valence electrons. The van der Waals surface area contributed by atoms with Crippen LogP contribution in [0.4, 0.5) is 4.79 Å². The Bertz CT molecular complexity index is 1040. The third-order valence-corrected chi connectivity index (χ3v) is 5.36. The second kappa shape index (κ2) is 9.60. The van der Waals surface area contributed by atoms with Gasteiger partial charge in [-0.15, -0.1) is 0 Å². The molecule has 1 aliphatic rings. The first-order chi connectivity index (χ1) is 14.3. The number of nitrogens with zero attached hydrogens (tertiary/aromatic N) is 1. The predicted molar refractivity (Wildman–Crippen MR) is 116 cm³/mol. The lowest BCUT2D eigenvalue weighted by atomic mass is 10.1. The number of imide groups is 1. The summed E-state index contributed by atoms with van der Waals surface area (Å²) in [6, 6.07) is 13.8. The lowest BCUT2D eigenvalue weighted by Crippen LogP contribution is -2.43. The number of aryl methyl sites for hydroxylation is 1. The summed E-state index contributed by atoms with van der Waals surface area (Å²) in [6.07, 6.45) is 1.50. The number of hydrogen-bond donors (Lipinski definition) is 2. The molecule has 1 saturated heterocycles. The molecule has 30 heavy (non-hydrogen) atoms. The second-order valence-electron chi connectivity index (χ2n) is 6.51. The highest BCUT2D eigenvalue weighted by Gasteiger charge is 2.35. The van der Waals surface area contributed by atoms with Crippen molar-refractivity contribution in [1.29, 1.82) is 0 Å². The first kappa shape index (κ1) is 21.6. The average molecular weight is 444 g/mol. The van der Waals surface area contributed by atoms with E-state index in [2.05, 4.69) is 10.9 Å². The van der Waals surface area contributed by atoms with E-state index in [1.54, 1.807) is 24.3 Å². The van der Waals surface area contributed by atoms with Gasteiger partial charge in [0.2, 0.25) is 5.91 Å². The minimum Gasteiger partial charge on any atom is -0.273 e. The van der Waals surface area contributed by atoms with Crippen LogP contribution in [0.1, 0.15) is 27.9 Å². The summed E-state index contributed by atoms with van der Waals surface area (Å²) in [7, 11) is 0. The van der Waals surface area contributed by atoms with Gasteiger partial charge >= 0.3 is 0 Å². The highest BCUT2D eigenvalue weighted by molar-refractivity contribution is 8.18. The fraction of sp³-hybridized carbons (Fsp3) is 0.143. The van der Waals surface area contributed by atoms with Crippen LogP contribution in [-0.4, -0.2) is 34.4 Å². The molecule has 0 radical (unpaired) electrons. The van der Waals surface area contributed by atoms with Crippen LogP contribution < -0.4 is 10.9 Å². The molecule has 0 atom stereocenters. The first-order valence-electron chi connectivity index (χ1n) is 9.00. The van der Waals surface area contributed by atoms with E-state index >= 15 is 0 Å². The van der Waals surface area contributed by atoms with Gasteiger partial charge in [0.1, 0.15) is 0 Å². The summed E-state index contributed by atoms with van der Waals surface area (Å²) in [6.45, 7) is 1.87. The Kier molecular flexibility index (Phi) is 6.91. The highest BCUT2D eigenvalue weighted by Crippen LogP contribution is 2.32. The number of benzene rings is 2. The van der Waals surface area contributed by atoms with Crippen molar-refractivity contribution in [1.82, 2.24) is 15.8 Å². The van der Waals surface area contributed by atoms with Crippen LogP contribution in [0.3, 0.4) is 0 Å². The number of nitrogens with one attached hydrogen (secondary N) is 2. The number of thioether (sulfide) groups is 1. The first-order valence-corrected chi connectivity index (χ1v) is 10.2. The van der Waals surface area contributed by atoms with Crippen LogP contribution in [0.2, 0.25) is 5.02 Å². The minimum atomic E-state index is -0.535. The van der Waals surface area contributed by atoms with Gasteiger partial charge in [-0.1, -0.05) is 47.5 Å². The van der Waals surface area contributed by atoms with Crippen molar-refractivity contribution in [3.8, 4) is 0 Å². The maximum absolute atomic E-state index is 12.5. The van der Waals surface area contributed by atoms with Crippen molar-refractivity contribution < 1.29 is 19.2 Å². The Morgan fingerprint density at radius 1 is 1.10 bits per heavy atom. The molecule has 0 aromatic heterocycles. The maximum atomic E-state index is 12.5. The van der Waals surface area contributed by atoms with Gasteiger partial charge in [-0.3, -0.25) is 34.9 Å². The van der Waals surface area contributed by atoms with Crippen LogP contribution >= 0.6 is 23.4 Å². The summed E-state index contributed by atoms with van der Waals surface area (Å²) in [4.78, 5) is 49.9. The monoisotopic (exact) mass is 443 g/mol. The molecule has 0 unspecified atom stereocenters. The van der Waals surface area contributed by atoms with E-state index < -0.39 is 23.0 Å². The van der Waals surface area contributed by atoms with Gasteiger partial charge < -0.3 is 0 Å². The van der Waals surface area contributed by atoms with Crippen LogP contribution in [0.15, 0.2) is 53.4 Å². The Morgan fingerprint density at radius 3 is 2.53 bits per heavy atom. The van der Waals surface area contributed by atoms with Gasteiger partial charge in [-0.05, 0) is 48.5 Å². The number of hydrogen-bond acceptors (Lipinski definition) is 5. The molecule has 3 rings (SSSR count). The van der Waals surface area contributed by atoms with E-state index in [1.165, 1.54) is 6.07 Å². The molecule has 4 amide bonds. The Morgan fingerprint density at radius 2 is 1.83 bits per heavy atom. The van der Waals surface area contributed by atoms with Crippen molar-refractivity contribution in [3.63, 3.8) is 0 Å². The molecule has 1 aliphatic heterocycles. The SMILES string of the molecule is Cc1ccc(/C=C2\SC(=O)N(CCC(=O)NNC(=O)c3cccc(Cl)c3)C2=O)cc1. The normalized spacial score (nSPS) is 14.9. The third kappa shape index (κ3) is 5.49. The Hall–Kier alpha value is -3.10. The van der Waals surface area contributed by atoms with Crippen molar-refractivity contribution in [2.75, 3.05) is 6.54 Å².